The van der Waals surface area contributed by atoms with Crippen LogP contribution in [0.2, 0.25) is 0 Å². The number of nitrogens with one attached hydrogen (secondary N) is 1. The molecule has 3 aromatic rings. The Kier molecular flexibility index (Phi) is 7.45. The molecular formula is C23H23NO5S. The van der Waals surface area contributed by atoms with Crippen molar-refractivity contribution in [1.29, 1.82) is 0 Å². The second-order valence-corrected chi connectivity index (χ2v) is 7.39. The highest BCUT2D eigenvalue weighted by Gasteiger charge is 2.11. The van der Waals surface area contributed by atoms with Crippen LogP contribution in [0.3, 0.4) is 0 Å². The molecule has 0 saturated carbocycles. The normalized spacial score (nSPS) is 10.3. The molecule has 0 atom stereocenters. The number of methoxy groups -OCH3 is 2. The molecule has 0 aliphatic carbocycles. The van der Waals surface area contributed by atoms with Gasteiger partial charge in [0, 0.05) is 24.6 Å². The number of carbonyl (C=O) groups is 2. The molecule has 0 unspecified atom stereocenters. The summed E-state index contributed by atoms with van der Waals surface area (Å²) in [6.07, 6.45) is 1.11. The lowest BCUT2D eigenvalue weighted by molar-refractivity contribution is -0.116. The van der Waals surface area contributed by atoms with Gasteiger partial charge in [0.25, 0.3) is 0 Å². The Morgan fingerprint density at radius 1 is 0.900 bits per heavy atom. The zero-order valence-electron chi connectivity index (χ0n) is 16.8. The highest BCUT2D eigenvalue weighted by Crippen LogP contribution is 2.34. The van der Waals surface area contributed by atoms with E-state index in [1.165, 1.54) is 11.3 Å². The van der Waals surface area contributed by atoms with E-state index in [1.807, 2.05) is 11.4 Å². The average molecular weight is 426 g/mol. The van der Waals surface area contributed by atoms with E-state index in [4.69, 9.17) is 14.2 Å². The van der Waals surface area contributed by atoms with Gasteiger partial charge in [-0.1, -0.05) is 6.07 Å². The SMILES string of the molecule is COc1ccc(Oc2cc(NC(=O)CCCC(=O)c3cccs3)ccc2OC)cc1. The van der Waals surface area contributed by atoms with Crippen molar-refractivity contribution in [1.82, 2.24) is 0 Å². The van der Waals surface area contributed by atoms with Gasteiger partial charge in [0.05, 0.1) is 19.1 Å². The summed E-state index contributed by atoms with van der Waals surface area (Å²) in [4.78, 5) is 25.0. The lowest BCUT2D eigenvalue weighted by Crippen LogP contribution is -2.12. The summed E-state index contributed by atoms with van der Waals surface area (Å²) in [7, 11) is 3.15. The molecule has 7 heteroatoms. The molecule has 2 aromatic carbocycles. The molecular weight excluding hydrogens is 402 g/mol. The molecule has 0 bridgehead atoms. The standard InChI is InChI=1S/C23H23NO5S/c1-27-17-9-11-18(12-10-17)29-21-15-16(8-13-20(21)28-2)24-23(26)7-3-5-19(25)22-6-4-14-30-22/h4,6,8-15H,3,5,7H2,1-2H3,(H,24,26). The fourth-order valence-corrected chi connectivity index (χ4v) is 3.49. The molecule has 1 heterocycles. The number of ketones is 1. The molecule has 0 saturated heterocycles. The number of anilines is 1. The van der Waals surface area contributed by atoms with E-state index in [-0.39, 0.29) is 18.1 Å². The van der Waals surface area contributed by atoms with E-state index in [0.29, 0.717) is 35.8 Å². The number of benzene rings is 2. The number of rotatable bonds is 10. The molecule has 0 aliphatic rings. The zero-order valence-corrected chi connectivity index (χ0v) is 17.7. The second-order valence-electron chi connectivity index (χ2n) is 6.45. The van der Waals surface area contributed by atoms with Gasteiger partial charge in [0.15, 0.2) is 17.3 Å². The molecule has 0 radical (unpaired) electrons. The van der Waals surface area contributed by atoms with Crippen LogP contribution in [0.15, 0.2) is 60.0 Å². The van der Waals surface area contributed by atoms with Gasteiger partial charge in [-0.05, 0) is 54.3 Å². The quantitative estimate of drug-likeness (QED) is 0.431. The van der Waals surface area contributed by atoms with Crippen LogP contribution >= 0.6 is 11.3 Å². The van der Waals surface area contributed by atoms with Crippen molar-refractivity contribution in [3.8, 4) is 23.0 Å². The van der Waals surface area contributed by atoms with E-state index >= 15 is 0 Å². The minimum absolute atomic E-state index is 0.0671. The monoisotopic (exact) mass is 425 g/mol. The number of hydrogen-bond donors (Lipinski definition) is 1. The van der Waals surface area contributed by atoms with Crippen LogP contribution in [0.25, 0.3) is 0 Å². The minimum Gasteiger partial charge on any atom is -0.497 e. The summed E-state index contributed by atoms with van der Waals surface area (Å²) in [6.45, 7) is 0. The van der Waals surface area contributed by atoms with E-state index in [0.717, 1.165) is 10.6 Å². The lowest BCUT2D eigenvalue weighted by Gasteiger charge is -2.13. The van der Waals surface area contributed by atoms with Gasteiger partial charge in [-0.25, -0.2) is 0 Å². The zero-order chi connectivity index (χ0) is 21.3. The van der Waals surface area contributed by atoms with Crippen molar-refractivity contribution in [2.75, 3.05) is 19.5 Å². The van der Waals surface area contributed by atoms with E-state index in [1.54, 1.807) is 62.8 Å². The van der Waals surface area contributed by atoms with Gasteiger partial charge in [-0.15, -0.1) is 11.3 Å². The van der Waals surface area contributed by atoms with Crippen LogP contribution in [0, 0.1) is 0 Å². The lowest BCUT2D eigenvalue weighted by atomic mass is 10.1. The smallest absolute Gasteiger partial charge is 0.224 e. The molecule has 156 valence electrons. The molecule has 30 heavy (non-hydrogen) atoms. The molecule has 1 amide bonds. The van der Waals surface area contributed by atoms with Gasteiger partial charge in [-0.2, -0.15) is 0 Å². The number of amides is 1. The van der Waals surface area contributed by atoms with Crippen molar-refractivity contribution in [2.45, 2.75) is 19.3 Å². The van der Waals surface area contributed by atoms with Crippen LogP contribution in [-0.4, -0.2) is 25.9 Å². The molecule has 6 nitrogen and oxygen atoms in total. The fourth-order valence-electron chi connectivity index (χ4n) is 2.80. The first-order chi connectivity index (χ1) is 14.6. The number of carbonyl (C=O) groups excluding carboxylic acids is 2. The third-order valence-electron chi connectivity index (χ3n) is 4.34. The first-order valence-corrected chi connectivity index (χ1v) is 10.3. The molecule has 0 fully saturated rings. The van der Waals surface area contributed by atoms with Gasteiger partial charge in [0.2, 0.25) is 5.91 Å². The summed E-state index contributed by atoms with van der Waals surface area (Å²) < 4.78 is 16.4. The Morgan fingerprint density at radius 3 is 2.33 bits per heavy atom. The summed E-state index contributed by atoms with van der Waals surface area (Å²) in [5, 5.41) is 4.71. The molecule has 3 rings (SSSR count). The maximum Gasteiger partial charge on any atom is 0.224 e. The third-order valence-corrected chi connectivity index (χ3v) is 5.25. The van der Waals surface area contributed by atoms with Crippen LogP contribution in [0.5, 0.6) is 23.0 Å². The highest BCUT2D eigenvalue weighted by atomic mass is 32.1. The fraction of sp³-hybridized carbons (Fsp3) is 0.217. The maximum absolute atomic E-state index is 12.3. The number of hydrogen-bond acceptors (Lipinski definition) is 6. The maximum atomic E-state index is 12.3. The molecule has 0 aliphatic heterocycles. The topological polar surface area (TPSA) is 73.9 Å². The predicted molar refractivity (Wildman–Crippen MR) is 117 cm³/mol. The molecule has 1 N–H and O–H groups in total. The summed E-state index contributed by atoms with van der Waals surface area (Å²) in [6, 6.07) is 16.0. The largest absolute Gasteiger partial charge is 0.497 e. The average Bonchev–Trinajstić information content (AvgIpc) is 3.29. The molecule has 0 spiro atoms. The Hall–Kier alpha value is -3.32. The predicted octanol–water partition coefficient (Wildman–Crippen LogP) is 5.55. The van der Waals surface area contributed by atoms with Crippen molar-refractivity contribution in [3.63, 3.8) is 0 Å². The number of ether oxygens (including phenoxy) is 3. The highest BCUT2D eigenvalue weighted by molar-refractivity contribution is 7.12. The Bertz CT molecular complexity index is 983. The summed E-state index contributed by atoms with van der Waals surface area (Å²) in [5.41, 5.74) is 0.592. The first kappa shape index (κ1) is 21.4. The second kappa shape index (κ2) is 10.5. The third kappa shape index (κ3) is 5.84. The Morgan fingerprint density at radius 2 is 1.67 bits per heavy atom. The van der Waals surface area contributed by atoms with Gasteiger partial charge < -0.3 is 19.5 Å². The van der Waals surface area contributed by atoms with Crippen molar-refractivity contribution >= 4 is 28.7 Å². The van der Waals surface area contributed by atoms with Crippen LogP contribution in [0.4, 0.5) is 5.69 Å². The van der Waals surface area contributed by atoms with Crippen molar-refractivity contribution in [2.24, 2.45) is 0 Å². The van der Waals surface area contributed by atoms with E-state index in [2.05, 4.69) is 5.32 Å². The van der Waals surface area contributed by atoms with E-state index < -0.39 is 0 Å². The van der Waals surface area contributed by atoms with Gasteiger partial charge in [0.1, 0.15) is 11.5 Å². The van der Waals surface area contributed by atoms with Crippen molar-refractivity contribution < 1.29 is 23.8 Å². The summed E-state index contributed by atoms with van der Waals surface area (Å²) >= 11 is 1.42. The van der Waals surface area contributed by atoms with Crippen LogP contribution < -0.4 is 19.5 Å². The number of Topliss-reactive ketones (excluding diaryl/α,β-unsaturated/α-hetero) is 1. The van der Waals surface area contributed by atoms with Gasteiger partial charge in [-0.3, -0.25) is 9.59 Å². The Labute approximate surface area is 179 Å². The Balaban J connectivity index is 1.58. The van der Waals surface area contributed by atoms with Gasteiger partial charge >= 0.3 is 0 Å². The summed E-state index contributed by atoms with van der Waals surface area (Å²) in [5.74, 6) is 2.28. The van der Waals surface area contributed by atoms with Crippen LogP contribution in [0.1, 0.15) is 28.9 Å². The van der Waals surface area contributed by atoms with Crippen molar-refractivity contribution in [3.05, 3.63) is 64.9 Å². The number of thiophene rings is 1. The molecule has 1 aromatic heterocycles. The van der Waals surface area contributed by atoms with E-state index in [9.17, 15) is 9.59 Å². The minimum atomic E-state index is -0.158. The first-order valence-electron chi connectivity index (χ1n) is 9.45. The van der Waals surface area contributed by atoms with Crippen LogP contribution in [-0.2, 0) is 4.79 Å².